The first-order chi connectivity index (χ1) is 9.34. The smallest absolute Gasteiger partial charge is 0.382 e. The summed E-state index contributed by atoms with van der Waals surface area (Å²) in [5, 5.41) is 9.77. The number of para-hydroxylation sites is 1. The standard InChI is InChI=1S/C13H13F3N2O2/c14-13(15,16)11(19)7-18-10-4-2-1-3-8(10)5-9(6-17)12(18)20/h1-5,11,19H,6-7,17H2. The molecule has 0 aliphatic rings. The third-order valence-corrected chi connectivity index (χ3v) is 3.03. The average molecular weight is 286 g/mol. The lowest BCUT2D eigenvalue weighted by Gasteiger charge is -2.18. The van der Waals surface area contributed by atoms with Gasteiger partial charge >= 0.3 is 6.18 Å². The van der Waals surface area contributed by atoms with E-state index in [1.54, 1.807) is 24.3 Å². The van der Waals surface area contributed by atoms with Gasteiger partial charge in [-0.05, 0) is 17.5 Å². The summed E-state index contributed by atoms with van der Waals surface area (Å²) >= 11 is 0. The number of pyridine rings is 1. The Morgan fingerprint density at radius 1 is 1.30 bits per heavy atom. The van der Waals surface area contributed by atoms with Crippen molar-refractivity contribution < 1.29 is 18.3 Å². The van der Waals surface area contributed by atoms with Crippen molar-refractivity contribution in [3.63, 3.8) is 0 Å². The Balaban J connectivity index is 2.61. The van der Waals surface area contributed by atoms with Crippen molar-refractivity contribution in [2.75, 3.05) is 0 Å². The summed E-state index contributed by atoms with van der Waals surface area (Å²) < 4.78 is 38.3. The van der Waals surface area contributed by atoms with Crippen molar-refractivity contribution in [1.29, 1.82) is 0 Å². The van der Waals surface area contributed by atoms with Crippen LogP contribution in [-0.2, 0) is 13.1 Å². The van der Waals surface area contributed by atoms with Crippen LogP contribution < -0.4 is 11.3 Å². The molecule has 3 N–H and O–H groups in total. The number of fused-ring (bicyclic) bond motifs is 1. The van der Waals surface area contributed by atoms with Crippen molar-refractivity contribution in [2.24, 2.45) is 5.73 Å². The summed E-state index contributed by atoms with van der Waals surface area (Å²) in [4.78, 5) is 12.1. The Morgan fingerprint density at radius 2 is 1.95 bits per heavy atom. The Hall–Kier alpha value is -1.86. The molecule has 4 nitrogen and oxygen atoms in total. The molecule has 0 fully saturated rings. The lowest BCUT2D eigenvalue weighted by Crippen LogP contribution is -2.37. The number of nitrogens with two attached hydrogens (primary N) is 1. The normalized spacial score (nSPS) is 13.7. The molecule has 1 aromatic carbocycles. The summed E-state index contributed by atoms with van der Waals surface area (Å²) in [5.41, 5.74) is 5.35. The molecule has 0 amide bonds. The molecule has 20 heavy (non-hydrogen) atoms. The topological polar surface area (TPSA) is 68.2 Å². The number of nitrogens with zero attached hydrogens (tertiary/aromatic N) is 1. The predicted octanol–water partition coefficient (Wildman–Crippen LogP) is 1.38. The van der Waals surface area contributed by atoms with E-state index in [2.05, 4.69) is 0 Å². The molecule has 0 aliphatic carbocycles. The number of aromatic nitrogens is 1. The minimum atomic E-state index is -4.78. The van der Waals surface area contributed by atoms with Gasteiger partial charge in [-0.3, -0.25) is 4.79 Å². The summed E-state index contributed by atoms with van der Waals surface area (Å²) in [6, 6.07) is 8.07. The van der Waals surface area contributed by atoms with Gasteiger partial charge in [-0.15, -0.1) is 0 Å². The molecule has 1 heterocycles. The molecule has 2 rings (SSSR count). The van der Waals surface area contributed by atoms with Crippen LogP contribution in [0.2, 0.25) is 0 Å². The number of aliphatic hydroxyl groups excluding tert-OH is 1. The van der Waals surface area contributed by atoms with Gasteiger partial charge in [-0.25, -0.2) is 0 Å². The maximum atomic E-state index is 12.5. The monoisotopic (exact) mass is 286 g/mol. The van der Waals surface area contributed by atoms with Gasteiger partial charge in [0.2, 0.25) is 0 Å². The third kappa shape index (κ3) is 2.68. The van der Waals surface area contributed by atoms with Crippen molar-refractivity contribution in [1.82, 2.24) is 4.57 Å². The molecule has 0 aliphatic heterocycles. The average Bonchev–Trinajstić information content (AvgIpc) is 2.40. The number of rotatable bonds is 3. The van der Waals surface area contributed by atoms with Crippen LogP contribution in [0.5, 0.6) is 0 Å². The van der Waals surface area contributed by atoms with Crippen LogP contribution >= 0.6 is 0 Å². The maximum Gasteiger partial charge on any atom is 0.416 e. The quantitative estimate of drug-likeness (QED) is 0.895. The first-order valence-corrected chi connectivity index (χ1v) is 5.91. The van der Waals surface area contributed by atoms with E-state index in [1.807, 2.05) is 0 Å². The van der Waals surface area contributed by atoms with Gasteiger partial charge in [0.15, 0.2) is 6.10 Å². The fourth-order valence-corrected chi connectivity index (χ4v) is 1.99. The van der Waals surface area contributed by atoms with Gasteiger partial charge in [-0.1, -0.05) is 18.2 Å². The molecule has 1 atom stereocenters. The molecular formula is C13H13F3N2O2. The summed E-state index contributed by atoms with van der Waals surface area (Å²) in [5.74, 6) is 0. The molecule has 0 saturated carbocycles. The predicted molar refractivity (Wildman–Crippen MR) is 68.2 cm³/mol. The Bertz CT molecular complexity index is 679. The second-order valence-electron chi connectivity index (χ2n) is 4.41. The highest BCUT2D eigenvalue weighted by Gasteiger charge is 2.38. The fourth-order valence-electron chi connectivity index (χ4n) is 1.99. The Labute approximate surface area is 112 Å². The van der Waals surface area contributed by atoms with Gasteiger partial charge < -0.3 is 15.4 Å². The van der Waals surface area contributed by atoms with E-state index in [1.165, 1.54) is 6.07 Å². The molecule has 1 unspecified atom stereocenters. The third-order valence-electron chi connectivity index (χ3n) is 3.03. The number of hydrogen-bond acceptors (Lipinski definition) is 3. The molecule has 0 spiro atoms. The first kappa shape index (κ1) is 14.5. The van der Waals surface area contributed by atoms with Crippen LogP contribution in [-0.4, -0.2) is 22.0 Å². The van der Waals surface area contributed by atoms with Gasteiger partial charge in [0.05, 0.1) is 12.1 Å². The molecule has 1 aromatic heterocycles. The second-order valence-corrected chi connectivity index (χ2v) is 4.41. The zero-order chi connectivity index (χ0) is 14.9. The van der Waals surface area contributed by atoms with Crippen molar-refractivity contribution >= 4 is 10.9 Å². The van der Waals surface area contributed by atoms with Crippen LogP contribution in [0.15, 0.2) is 35.1 Å². The maximum absolute atomic E-state index is 12.5. The van der Waals surface area contributed by atoms with Gasteiger partial charge in [0.1, 0.15) is 0 Å². The number of benzene rings is 1. The highest BCUT2D eigenvalue weighted by molar-refractivity contribution is 5.79. The van der Waals surface area contributed by atoms with Crippen molar-refractivity contribution in [3.05, 3.63) is 46.2 Å². The van der Waals surface area contributed by atoms with E-state index in [9.17, 15) is 23.1 Å². The summed E-state index contributed by atoms with van der Waals surface area (Å²) in [7, 11) is 0. The largest absolute Gasteiger partial charge is 0.416 e. The summed E-state index contributed by atoms with van der Waals surface area (Å²) in [6.07, 6.45) is -7.38. The molecule has 108 valence electrons. The van der Waals surface area contributed by atoms with E-state index < -0.39 is 24.4 Å². The second kappa shape index (κ2) is 5.26. The minimum absolute atomic E-state index is 0.0776. The molecule has 7 heteroatoms. The fraction of sp³-hybridized carbons (Fsp3) is 0.308. The van der Waals surface area contributed by atoms with Gasteiger partial charge in [-0.2, -0.15) is 13.2 Å². The van der Waals surface area contributed by atoms with Gasteiger partial charge in [0.25, 0.3) is 5.56 Å². The van der Waals surface area contributed by atoms with E-state index in [-0.39, 0.29) is 12.1 Å². The highest BCUT2D eigenvalue weighted by atomic mass is 19.4. The van der Waals surface area contributed by atoms with E-state index in [0.29, 0.717) is 10.9 Å². The van der Waals surface area contributed by atoms with E-state index in [4.69, 9.17) is 5.73 Å². The molecular weight excluding hydrogens is 273 g/mol. The molecule has 0 bridgehead atoms. The lowest BCUT2D eigenvalue weighted by atomic mass is 10.1. The van der Waals surface area contributed by atoms with Gasteiger partial charge in [0, 0.05) is 12.1 Å². The molecule has 0 saturated heterocycles. The zero-order valence-electron chi connectivity index (χ0n) is 10.4. The van der Waals surface area contributed by atoms with Crippen LogP contribution in [0.1, 0.15) is 5.56 Å². The minimum Gasteiger partial charge on any atom is -0.382 e. The number of alkyl halides is 3. The first-order valence-electron chi connectivity index (χ1n) is 5.91. The number of aliphatic hydroxyl groups is 1. The van der Waals surface area contributed by atoms with E-state index in [0.717, 1.165) is 4.57 Å². The number of hydrogen-bond donors (Lipinski definition) is 2. The Morgan fingerprint density at radius 3 is 2.55 bits per heavy atom. The van der Waals surface area contributed by atoms with Crippen molar-refractivity contribution in [3.8, 4) is 0 Å². The van der Waals surface area contributed by atoms with Crippen LogP contribution in [0.25, 0.3) is 10.9 Å². The van der Waals surface area contributed by atoms with Crippen LogP contribution in [0.3, 0.4) is 0 Å². The SMILES string of the molecule is NCc1cc2ccccc2n(CC(O)C(F)(F)F)c1=O. The zero-order valence-corrected chi connectivity index (χ0v) is 10.4. The van der Waals surface area contributed by atoms with E-state index >= 15 is 0 Å². The summed E-state index contributed by atoms with van der Waals surface area (Å²) in [6.45, 7) is -0.928. The van der Waals surface area contributed by atoms with Crippen LogP contribution in [0, 0.1) is 0 Å². The lowest BCUT2D eigenvalue weighted by molar-refractivity contribution is -0.207. The Kier molecular flexibility index (Phi) is 3.82. The molecule has 2 aromatic rings. The van der Waals surface area contributed by atoms with Crippen LogP contribution in [0.4, 0.5) is 13.2 Å². The van der Waals surface area contributed by atoms with Crippen molar-refractivity contribution in [2.45, 2.75) is 25.4 Å². The highest BCUT2D eigenvalue weighted by Crippen LogP contribution is 2.22. The number of halogens is 3. The molecule has 0 radical (unpaired) electrons.